The number of nitrogens with zero attached hydrogens (tertiary/aromatic N) is 5. The molecule has 0 saturated carbocycles. The van der Waals surface area contributed by atoms with Gasteiger partial charge in [-0.25, -0.2) is 4.68 Å². The first kappa shape index (κ1) is 27.1. The van der Waals surface area contributed by atoms with E-state index in [0.29, 0.717) is 37.0 Å². The summed E-state index contributed by atoms with van der Waals surface area (Å²) in [6.45, 7) is 5.83. The fourth-order valence-corrected chi connectivity index (χ4v) is 6.26. The topological polar surface area (TPSA) is 101 Å². The van der Waals surface area contributed by atoms with Gasteiger partial charge in [-0.15, -0.1) is 0 Å². The summed E-state index contributed by atoms with van der Waals surface area (Å²) in [5.41, 5.74) is 0.354. The van der Waals surface area contributed by atoms with E-state index in [1.807, 2.05) is 54.0 Å². The van der Waals surface area contributed by atoms with Crippen molar-refractivity contribution in [1.29, 1.82) is 0 Å². The van der Waals surface area contributed by atoms with Gasteiger partial charge in [-0.2, -0.15) is 5.10 Å². The second kappa shape index (κ2) is 10.6. The van der Waals surface area contributed by atoms with Gasteiger partial charge in [0, 0.05) is 68.9 Å². The van der Waals surface area contributed by atoms with Crippen molar-refractivity contribution in [2.24, 2.45) is 24.8 Å². The van der Waals surface area contributed by atoms with Gasteiger partial charge >= 0.3 is 0 Å². The molecule has 206 valence electrons. The van der Waals surface area contributed by atoms with Gasteiger partial charge in [-0.3, -0.25) is 14.6 Å². The number of methoxy groups -OCH3 is 1. The molecule has 0 bridgehead atoms. The van der Waals surface area contributed by atoms with Crippen LogP contribution in [0.5, 0.6) is 5.75 Å². The lowest BCUT2D eigenvalue weighted by Crippen LogP contribution is -2.57. The van der Waals surface area contributed by atoms with Crippen LogP contribution in [0.25, 0.3) is 0 Å². The van der Waals surface area contributed by atoms with Crippen molar-refractivity contribution >= 4 is 23.3 Å². The minimum absolute atomic E-state index is 0.0274. The molecule has 9 nitrogen and oxygen atoms in total. The smallest absolute Gasteiger partial charge is 0.266 e. The first-order valence-electron chi connectivity index (χ1n) is 13.2. The molecule has 4 unspecified atom stereocenters. The Kier molecular flexibility index (Phi) is 7.39. The number of piperidine rings is 1. The molecule has 2 aromatic heterocycles. The van der Waals surface area contributed by atoms with Crippen LogP contribution in [0, 0.1) is 17.8 Å². The van der Waals surface area contributed by atoms with E-state index < -0.39 is 5.60 Å². The van der Waals surface area contributed by atoms with Gasteiger partial charge < -0.3 is 19.6 Å². The van der Waals surface area contributed by atoms with E-state index in [9.17, 15) is 14.7 Å². The second-order valence-corrected chi connectivity index (χ2v) is 11.2. The lowest BCUT2D eigenvalue weighted by Gasteiger charge is -2.48. The normalized spacial score (nSPS) is 27.0. The standard InChI is InChI=1S/C29H34ClN5O4/c1-18-14-35(15-19(2)29(18,38)20-5-8-22(39-4)9-6-20)28(37)24-17-34(26-11-12-27(36)33(3)32-26)16-23(24)25-10-7-21(30)13-31-25/h5-13,18-19,23-24,38H,14-17H2,1-4H3. The van der Waals surface area contributed by atoms with Crippen LogP contribution >= 0.6 is 11.6 Å². The molecule has 0 aliphatic carbocycles. The van der Waals surface area contributed by atoms with E-state index in [4.69, 9.17) is 16.3 Å². The second-order valence-electron chi connectivity index (χ2n) is 10.8. The van der Waals surface area contributed by atoms with Crippen molar-refractivity contribution in [3.8, 4) is 5.75 Å². The van der Waals surface area contributed by atoms with Crippen molar-refractivity contribution in [2.75, 3.05) is 38.2 Å². The van der Waals surface area contributed by atoms with Crippen LogP contribution in [-0.4, -0.2) is 64.0 Å². The number of hydrogen-bond acceptors (Lipinski definition) is 7. The molecule has 2 fully saturated rings. The maximum Gasteiger partial charge on any atom is 0.266 e. The highest BCUT2D eigenvalue weighted by Gasteiger charge is 2.49. The number of anilines is 1. The summed E-state index contributed by atoms with van der Waals surface area (Å²) in [5.74, 6) is 0.476. The molecule has 2 saturated heterocycles. The predicted molar refractivity (Wildman–Crippen MR) is 149 cm³/mol. The SMILES string of the molecule is COc1ccc(C2(O)C(C)CN(C(=O)C3CN(c4ccc(=O)n(C)n4)CC3c3ccc(Cl)cn3)CC2C)cc1. The quantitative estimate of drug-likeness (QED) is 0.520. The number of aliphatic hydroxyl groups is 1. The van der Waals surface area contributed by atoms with E-state index in [1.165, 1.54) is 10.7 Å². The third-order valence-corrected chi connectivity index (χ3v) is 8.62. The van der Waals surface area contributed by atoms with Gasteiger partial charge in [0.05, 0.1) is 23.7 Å². The molecule has 2 aliphatic heterocycles. The molecule has 1 amide bonds. The first-order valence-corrected chi connectivity index (χ1v) is 13.6. The number of carbonyl (C=O) groups is 1. The summed E-state index contributed by atoms with van der Waals surface area (Å²) in [7, 11) is 3.23. The average Bonchev–Trinajstić information content (AvgIpc) is 3.38. The highest BCUT2D eigenvalue weighted by atomic mass is 35.5. The van der Waals surface area contributed by atoms with E-state index in [-0.39, 0.29) is 35.1 Å². The maximum absolute atomic E-state index is 14.1. The number of rotatable bonds is 5. The Labute approximate surface area is 233 Å². The zero-order chi connectivity index (χ0) is 27.9. The van der Waals surface area contributed by atoms with Crippen LogP contribution in [0.4, 0.5) is 5.82 Å². The summed E-state index contributed by atoms with van der Waals surface area (Å²) in [6.07, 6.45) is 1.60. The Balaban J connectivity index is 1.41. The van der Waals surface area contributed by atoms with Crippen LogP contribution in [0.3, 0.4) is 0 Å². The molecule has 10 heteroatoms. The van der Waals surface area contributed by atoms with Crippen LogP contribution < -0.4 is 15.2 Å². The lowest BCUT2D eigenvalue weighted by molar-refractivity contribution is -0.152. The summed E-state index contributed by atoms with van der Waals surface area (Å²) in [4.78, 5) is 34.5. The van der Waals surface area contributed by atoms with Crippen molar-refractivity contribution < 1.29 is 14.6 Å². The zero-order valence-corrected chi connectivity index (χ0v) is 23.4. The van der Waals surface area contributed by atoms with Crippen molar-refractivity contribution in [1.82, 2.24) is 19.7 Å². The number of benzene rings is 1. The number of ether oxygens (including phenoxy) is 1. The number of aromatic nitrogens is 3. The van der Waals surface area contributed by atoms with Crippen LogP contribution in [0.2, 0.25) is 5.02 Å². The molecule has 4 heterocycles. The zero-order valence-electron chi connectivity index (χ0n) is 22.6. The third-order valence-electron chi connectivity index (χ3n) is 8.39. The number of pyridine rings is 1. The fraction of sp³-hybridized carbons (Fsp3) is 0.448. The Morgan fingerprint density at radius 3 is 2.31 bits per heavy atom. The van der Waals surface area contributed by atoms with Gasteiger partial charge in [0.1, 0.15) is 11.6 Å². The Hall–Kier alpha value is -3.43. The van der Waals surface area contributed by atoms with Crippen molar-refractivity contribution in [2.45, 2.75) is 25.4 Å². The molecule has 1 aromatic carbocycles. The Morgan fingerprint density at radius 1 is 1.03 bits per heavy atom. The van der Waals surface area contributed by atoms with Gasteiger partial charge in [0.25, 0.3) is 5.56 Å². The van der Waals surface area contributed by atoms with Gasteiger partial charge in [0.2, 0.25) is 5.91 Å². The van der Waals surface area contributed by atoms with Gasteiger partial charge in [0.15, 0.2) is 0 Å². The highest BCUT2D eigenvalue weighted by Crippen LogP contribution is 2.43. The fourth-order valence-electron chi connectivity index (χ4n) is 6.15. The van der Waals surface area contributed by atoms with Crippen molar-refractivity contribution in [3.05, 3.63) is 81.4 Å². The van der Waals surface area contributed by atoms with Crippen LogP contribution in [0.15, 0.2) is 59.5 Å². The Morgan fingerprint density at radius 2 is 1.72 bits per heavy atom. The molecule has 39 heavy (non-hydrogen) atoms. The number of aryl methyl sites for hydroxylation is 1. The summed E-state index contributed by atoms with van der Waals surface area (Å²) in [6, 6.07) is 14.4. The molecule has 0 radical (unpaired) electrons. The van der Waals surface area contributed by atoms with Crippen LogP contribution in [-0.2, 0) is 17.4 Å². The number of hydrogen-bond donors (Lipinski definition) is 1. The lowest BCUT2D eigenvalue weighted by atomic mass is 9.70. The molecule has 4 atom stereocenters. The molecule has 5 rings (SSSR count). The highest BCUT2D eigenvalue weighted by molar-refractivity contribution is 6.30. The Bertz CT molecular complexity index is 1380. The number of likely N-dealkylation sites (tertiary alicyclic amines) is 1. The van der Waals surface area contributed by atoms with Gasteiger partial charge in [-0.05, 0) is 35.9 Å². The van der Waals surface area contributed by atoms with Gasteiger partial charge in [-0.1, -0.05) is 37.6 Å². The first-order chi connectivity index (χ1) is 18.6. The average molecular weight is 552 g/mol. The molecule has 0 spiro atoms. The molecular weight excluding hydrogens is 518 g/mol. The molecule has 1 N–H and O–H groups in total. The maximum atomic E-state index is 14.1. The summed E-state index contributed by atoms with van der Waals surface area (Å²) < 4.78 is 6.58. The number of carbonyl (C=O) groups excluding carboxylic acids is 1. The van der Waals surface area contributed by atoms with E-state index in [2.05, 4.69) is 10.1 Å². The summed E-state index contributed by atoms with van der Waals surface area (Å²) >= 11 is 6.10. The molecular formula is C29H34ClN5O4. The van der Waals surface area contributed by atoms with E-state index in [0.717, 1.165) is 17.0 Å². The summed E-state index contributed by atoms with van der Waals surface area (Å²) in [5, 5.41) is 16.8. The largest absolute Gasteiger partial charge is 0.497 e. The number of amides is 1. The minimum Gasteiger partial charge on any atom is -0.497 e. The van der Waals surface area contributed by atoms with Crippen molar-refractivity contribution in [3.63, 3.8) is 0 Å². The molecule has 3 aromatic rings. The minimum atomic E-state index is -1.07. The van der Waals surface area contributed by atoms with E-state index >= 15 is 0 Å². The monoisotopic (exact) mass is 551 g/mol. The number of halogens is 1. The van der Waals surface area contributed by atoms with E-state index in [1.54, 1.807) is 32.5 Å². The predicted octanol–water partition coefficient (Wildman–Crippen LogP) is 3.06. The van der Waals surface area contributed by atoms with Crippen LogP contribution in [0.1, 0.15) is 31.0 Å². The third kappa shape index (κ3) is 5.01. The molecule has 2 aliphatic rings.